The zero-order chi connectivity index (χ0) is 20.9. The lowest BCUT2D eigenvalue weighted by atomic mass is 9.49. The van der Waals surface area contributed by atoms with Gasteiger partial charge in [0.15, 0.2) is 11.5 Å². The number of benzene rings is 2. The van der Waals surface area contributed by atoms with Crippen LogP contribution in [-0.4, -0.2) is 50.1 Å². The molecule has 5 rings (SSSR count). The van der Waals surface area contributed by atoms with Crippen molar-refractivity contribution in [3.05, 3.63) is 53.6 Å². The minimum atomic E-state index is -0.402. The van der Waals surface area contributed by atoms with Crippen LogP contribution < -0.4 is 9.47 Å². The maximum absolute atomic E-state index is 12.8. The van der Waals surface area contributed by atoms with E-state index in [1.807, 2.05) is 43.5 Å². The number of para-hydroxylation sites is 1. The van der Waals surface area contributed by atoms with Crippen LogP contribution in [0.1, 0.15) is 36.8 Å². The van der Waals surface area contributed by atoms with E-state index >= 15 is 0 Å². The molecule has 2 fully saturated rings. The molecule has 1 saturated carbocycles. The highest BCUT2D eigenvalue weighted by atomic mass is 16.5. The number of Topliss-reactive ketones (excluding diaryl/α,β-unsaturated/α-hetero) is 1. The fraction of sp³-hybridized carbons (Fsp3) is 0.480. The normalized spacial score (nSPS) is 30.4. The van der Waals surface area contributed by atoms with Gasteiger partial charge in [-0.05, 0) is 56.6 Å². The third-order valence-electron chi connectivity index (χ3n) is 7.69. The SMILES string of the molecule is COc1ccc2c(c1Oc1ccccc1)[C@]13CCN(C)[C@H](C2)C1(OC)CCC(=O)C3. The van der Waals surface area contributed by atoms with Crippen LogP contribution in [0.3, 0.4) is 0 Å². The van der Waals surface area contributed by atoms with Crippen molar-refractivity contribution in [1.82, 2.24) is 4.90 Å². The van der Waals surface area contributed by atoms with E-state index in [1.54, 1.807) is 7.11 Å². The summed E-state index contributed by atoms with van der Waals surface area (Å²) in [7, 11) is 5.67. The minimum absolute atomic E-state index is 0.245. The average Bonchev–Trinajstić information content (AvgIpc) is 2.76. The van der Waals surface area contributed by atoms with E-state index in [0.29, 0.717) is 24.4 Å². The number of piperidine rings is 1. The van der Waals surface area contributed by atoms with Crippen LogP contribution in [0, 0.1) is 0 Å². The van der Waals surface area contributed by atoms with Crippen LogP contribution in [0.4, 0.5) is 0 Å². The number of carbonyl (C=O) groups excluding carboxylic acids is 1. The van der Waals surface area contributed by atoms with Crippen LogP contribution in [0.25, 0.3) is 0 Å². The van der Waals surface area contributed by atoms with Crippen molar-refractivity contribution >= 4 is 5.78 Å². The minimum Gasteiger partial charge on any atom is -0.493 e. The summed E-state index contributed by atoms with van der Waals surface area (Å²) in [6.07, 6.45) is 3.57. The first-order valence-corrected chi connectivity index (χ1v) is 10.7. The van der Waals surface area contributed by atoms with Crippen molar-refractivity contribution in [3.8, 4) is 17.2 Å². The average molecular weight is 408 g/mol. The molecule has 3 atom stereocenters. The summed E-state index contributed by atoms with van der Waals surface area (Å²) in [4.78, 5) is 15.3. The highest BCUT2D eigenvalue weighted by molar-refractivity contribution is 5.83. The van der Waals surface area contributed by atoms with Gasteiger partial charge in [0, 0.05) is 37.0 Å². The number of rotatable bonds is 4. The Bertz CT molecular complexity index is 975. The third kappa shape index (κ3) is 2.58. The van der Waals surface area contributed by atoms with Crippen molar-refractivity contribution in [1.29, 1.82) is 0 Å². The van der Waals surface area contributed by atoms with Gasteiger partial charge in [0.1, 0.15) is 11.5 Å². The molecule has 0 aromatic heterocycles. The first-order chi connectivity index (χ1) is 14.5. The number of likely N-dealkylation sites (N-methyl/N-ethyl adjacent to an activating group) is 1. The molecular formula is C25H29NO4. The summed E-state index contributed by atoms with van der Waals surface area (Å²) in [6, 6.07) is 14.2. The molecule has 158 valence electrons. The first kappa shape index (κ1) is 19.6. The first-order valence-electron chi connectivity index (χ1n) is 10.7. The molecular weight excluding hydrogens is 378 g/mol. The van der Waals surface area contributed by atoms with Gasteiger partial charge in [-0.25, -0.2) is 0 Å². The molecule has 5 heteroatoms. The maximum Gasteiger partial charge on any atom is 0.173 e. The van der Waals surface area contributed by atoms with Gasteiger partial charge < -0.3 is 19.1 Å². The summed E-state index contributed by atoms with van der Waals surface area (Å²) in [5.74, 6) is 2.51. The highest BCUT2D eigenvalue weighted by Gasteiger charge is 2.66. The second-order valence-corrected chi connectivity index (χ2v) is 8.89. The topological polar surface area (TPSA) is 48.0 Å². The molecule has 30 heavy (non-hydrogen) atoms. The number of nitrogens with zero attached hydrogens (tertiary/aromatic N) is 1. The van der Waals surface area contributed by atoms with E-state index in [9.17, 15) is 4.79 Å². The van der Waals surface area contributed by atoms with Crippen LogP contribution in [0.5, 0.6) is 17.2 Å². The number of hydrogen-bond acceptors (Lipinski definition) is 5. The lowest BCUT2D eigenvalue weighted by molar-refractivity contribution is -0.183. The van der Waals surface area contributed by atoms with Gasteiger partial charge in [0.2, 0.25) is 0 Å². The van der Waals surface area contributed by atoms with Crippen LogP contribution in [0.2, 0.25) is 0 Å². The molecule has 1 unspecified atom stereocenters. The summed E-state index contributed by atoms with van der Waals surface area (Å²) >= 11 is 0. The predicted octanol–water partition coefficient (Wildman–Crippen LogP) is 4.12. The molecule has 1 saturated heterocycles. The van der Waals surface area contributed by atoms with Crippen LogP contribution >= 0.6 is 0 Å². The number of carbonyl (C=O) groups is 1. The van der Waals surface area contributed by atoms with E-state index < -0.39 is 11.0 Å². The molecule has 0 amide bonds. The zero-order valence-corrected chi connectivity index (χ0v) is 17.9. The summed E-state index contributed by atoms with van der Waals surface area (Å²) in [6.45, 7) is 0.935. The molecule has 2 aliphatic carbocycles. The summed E-state index contributed by atoms with van der Waals surface area (Å²) in [5, 5.41) is 0. The number of ether oxygens (including phenoxy) is 3. The molecule has 0 spiro atoms. The Morgan fingerprint density at radius 2 is 1.87 bits per heavy atom. The Labute approximate surface area is 177 Å². The van der Waals surface area contributed by atoms with Crippen molar-refractivity contribution in [2.75, 3.05) is 27.8 Å². The van der Waals surface area contributed by atoms with E-state index in [-0.39, 0.29) is 6.04 Å². The zero-order valence-electron chi connectivity index (χ0n) is 17.9. The highest BCUT2D eigenvalue weighted by Crippen LogP contribution is 2.62. The van der Waals surface area contributed by atoms with Gasteiger partial charge >= 0.3 is 0 Å². The Balaban J connectivity index is 1.77. The third-order valence-corrected chi connectivity index (χ3v) is 7.69. The smallest absolute Gasteiger partial charge is 0.173 e. The van der Waals surface area contributed by atoms with Crippen molar-refractivity contribution < 1.29 is 19.0 Å². The predicted molar refractivity (Wildman–Crippen MR) is 115 cm³/mol. The number of fused-ring (bicyclic) bond motifs is 1. The second-order valence-electron chi connectivity index (χ2n) is 8.89. The standard InChI is InChI=1S/C25H29NO4/c1-26-14-13-24-16-18(27)11-12-25(24,29-3)21(26)15-17-9-10-20(28-2)23(22(17)24)30-19-7-5-4-6-8-19/h4-10,21H,11-16H2,1-3H3/t21-,24-,25?/m1/s1. The Hall–Kier alpha value is -2.37. The van der Waals surface area contributed by atoms with E-state index in [0.717, 1.165) is 42.9 Å². The molecule has 0 N–H and O–H groups in total. The van der Waals surface area contributed by atoms with E-state index in [2.05, 4.69) is 18.0 Å². The molecule has 1 aliphatic heterocycles. The Morgan fingerprint density at radius 3 is 2.60 bits per heavy atom. The van der Waals surface area contributed by atoms with Gasteiger partial charge in [-0.2, -0.15) is 0 Å². The monoisotopic (exact) mass is 407 g/mol. The molecule has 0 radical (unpaired) electrons. The maximum atomic E-state index is 12.8. The largest absolute Gasteiger partial charge is 0.493 e. The van der Waals surface area contributed by atoms with Gasteiger partial charge in [0.05, 0.1) is 12.7 Å². The lowest BCUT2D eigenvalue weighted by Crippen LogP contribution is -2.73. The lowest BCUT2D eigenvalue weighted by Gasteiger charge is -2.64. The van der Waals surface area contributed by atoms with Crippen molar-refractivity contribution in [2.24, 2.45) is 0 Å². The Kier molecular flexibility index (Phi) is 4.64. The molecule has 3 aliphatic rings. The van der Waals surface area contributed by atoms with Crippen molar-refractivity contribution in [2.45, 2.75) is 49.2 Å². The number of hydrogen-bond donors (Lipinski definition) is 0. The molecule has 5 nitrogen and oxygen atoms in total. The number of methoxy groups -OCH3 is 2. The quantitative estimate of drug-likeness (QED) is 0.763. The molecule has 2 bridgehead atoms. The van der Waals surface area contributed by atoms with Crippen LogP contribution in [0.15, 0.2) is 42.5 Å². The Morgan fingerprint density at radius 1 is 1.07 bits per heavy atom. The van der Waals surface area contributed by atoms with Gasteiger partial charge in [0.25, 0.3) is 0 Å². The van der Waals surface area contributed by atoms with Gasteiger partial charge in [-0.1, -0.05) is 24.3 Å². The van der Waals surface area contributed by atoms with Gasteiger partial charge in [-0.3, -0.25) is 4.79 Å². The summed E-state index contributed by atoms with van der Waals surface area (Å²) < 4.78 is 18.6. The number of ketones is 1. The molecule has 2 aromatic rings. The summed E-state index contributed by atoms with van der Waals surface area (Å²) in [5.41, 5.74) is 1.55. The number of likely N-dealkylation sites (tertiary alicyclic amines) is 1. The van der Waals surface area contributed by atoms with Gasteiger partial charge in [-0.15, -0.1) is 0 Å². The fourth-order valence-electron chi connectivity index (χ4n) is 6.36. The molecule has 2 aromatic carbocycles. The fourth-order valence-corrected chi connectivity index (χ4v) is 6.36. The van der Waals surface area contributed by atoms with Crippen molar-refractivity contribution in [3.63, 3.8) is 0 Å². The molecule has 1 heterocycles. The second kappa shape index (κ2) is 7.10. The van der Waals surface area contributed by atoms with Crippen LogP contribution in [-0.2, 0) is 21.4 Å². The van der Waals surface area contributed by atoms with E-state index in [1.165, 1.54) is 5.56 Å². The van der Waals surface area contributed by atoms with E-state index in [4.69, 9.17) is 14.2 Å².